The molecule has 3 saturated carbocycles. The second kappa shape index (κ2) is 18.8. The Morgan fingerprint density at radius 3 is 1.48 bits per heavy atom. The Kier molecular flexibility index (Phi) is 14.2. The monoisotopic (exact) mass is 692 g/mol. The van der Waals surface area contributed by atoms with Gasteiger partial charge in [0.2, 0.25) is 0 Å². The molecule has 0 spiro atoms. The van der Waals surface area contributed by atoms with E-state index in [1.807, 2.05) is 6.08 Å². The highest BCUT2D eigenvalue weighted by Crippen LogP contribution is 2.51. The SMILES string of the molecule is CC1=NC=C(CCC2=CC(F)=C(CCC3=C(F)C(F)=C(C)C4CCCCCC34)C3CCCCCCCC23)C2CCCCCCCCCCCC12. The zero-order valence-electron chi connectivity index (χ0n) is 31.8. The van der Waals surface area contributed by atoms with Crippen LogP contribution in [0.3, 0.4) is 0 Å². The third-order valence-electron chi connectivity index (χ3n) is 14.2. The van der Waals surface area contributed by atoms with Crippen LogP contribution in [-0.2, 0) is 0 Å². The molecule has 6 unspecified atom stereocenters. The molecular formula is C46H68F3N. The lowest BCUT2D eigenvalue weighted by molar-refractivity contribution is 0.329. The summed E-state index contributed by atoms with van der Waals surface area (Å²) in [7, 11) is 0. The molecule has 1 heterocycles. The third kappa shape index (κ3) is 9.20. The molecule has 278 valence electrons. The number of halogens is 3. The lowest BCUT2D eigenvalue weighted by Gasteiger charge is -2.37. The van der Waals surface area contributed by atoms with E-state index in [9.17, 15) is 0 Å². The number of allylic oxidation sites excluding steroid dienone is 9. The number of fused-ring (bicyclic) bond motifs is 3. The van der Waals surface area contributed by atoms with Crippen molar-refractivity contribution >= 4 is 5.71 Å². The van der Waals surface area contributed by atoms with Crippen LogP contribution in [0.5, 0.6) is 0 Å². The van der Waals surface area contributed by atoms with E-state index in [2.05, 4.69) is 13.1 Å². The van der Waals surface area contributed by atoms with Gasteiger partial charge in [0.05, 0.1) is 0 Å². The first-order valence-corrected chi connectivity index (χ1v) is 21.5. The number of nitrogens with zero attached hydrogens (tertiary/aromatic N) is 1. The maximum Gasteiger partial charge on any atom is 0.158 e. The summed E-state index contributed by atoms with van der Waals surface area (Å²) >= 11 is 0. The molecule has 0 bridgehead atoms. The van der Waals surface area contributed by atoms with Gasteiger partial charge in [-0.25, -0.2) is 13.2 Å². The van der Waals surface area contributed by atoms with Crippen LogP contribution in [-0.4, -0.2) is 5.71 Å². The fraction of sp³-hybridized carbons (Fsp3) is 0.761. The molecule has 0 N–H and O–H groups in total. The van der Waals surface area contributed by atoms with E-state index in [1.54, 1.807) is 6.92 Å². The number of rotatable bonds is 6. The predicted octanol–water partition coefficient (Wildman–Crippen LogP) is 15.3. The van der Waals surface area contributed by atoms with Crippen molar-refractivity contribution < 1.29 is 13.2 Å². The second-order valence-corrected chi connectivity index (χ2v) is 17.3. The summed E-state index contributed by atoms with van der Waals surface area (Å²) in [6.07, 6.45) is 35.1. The van der Waals surface area contributed by atoms with Gasteiger partial charge in [-0.1, -0.05) is 115 Å². The average molecular weight is 692 g/mol. The molecule has 0 amide bonds. The van der Waals surface area contributed by atoms with Crippen LogP contribution in [0.25, 0.3) is 0 Å². The van der Waals surface area contributed by atoms with Gasteiger partial charge in [-0.15, -0.1) is 0 Å². The average Bonchev–Trinajstić information content (AvgIpc) is 3.27. The van der Waals surface area contributed by atoms with E-state index in [0.717, 1.165) is 69.8 Å². The Hall–Kier alpha value is -1.84. The standard InChI is InChI=1S/C46H68F3N/c1-32-36-20-18-13-19-24-40(36)43(46(49)45(32)48)29-28-42-41-25-17-12-8-11-15-22-38(41)34(30-44(42)47)26-27-35-31-50-33(2)37-21-14-9-6-4-3-5-7-10-16-23-39(35)37/h30-31,36-41H,3-29H2,1-2H3. The van der Waals surface area contributed by atoms with Crippen molar-refractivity contribution in [1.29, 1.82) is 0 Å². The number of aliphatic imine (C=N–C) groups is 1. The molecule has 1 nitrogen and oxygen atoms in total. The molecule has 6 aliphatic rings. The predicted molar refractivity (Wildman–Crippen MR) is 205 cm³/mol. The molecule has 0 aromatic carbocycles. The van der Waals surface area contributed by atoms with Crippen LogP contribution in [0.2, 0.25) is 0 Å². The van der Waals surface area contributed by atoms with Gasteiger partial charge in [-0.05, 0) is 136 Å². The van der Waals surface area contributed by atoms with Crippen LogP contribution >= 0.6 is 0 Å². The topological polar surface area (TPSA) is 12.4 Å². The Morgan fingerprint density at radius 1 is 0.460 bits per heavy atom. The normalized spacial score (nSPS) is 32.7. The van der Waals surface area contributed by atoms with Gasteiger partial charge < -0.3 is 0 Å². The van der Waals surface area contributed by atoms with E-state index in [-0.39, 0.29) is 23.6 Å². The molecule has 5 aliphatic carbocycles. The summed E-state index contributed by atoms with van der Waals surface area (Å²) in [6, 6.07) is 0. The van der Waals surface area contributed by atoms with Crippen LogP contribution < -0.4 is 0 Å². The van der Waals surface area contributed by atoms with Crippen molar-refractivity contribution in [3.8, 4) is 0 Å². The van der Waals surface area contributed by atoms with Crippen LogP contribution in [0.1, 0.15) is 187 Å². The van der Waals surface area contributed by atoms with Gasteiger partial charge in [0.25, 0.3) is 0 Å². The summed E-state index contributed by atoms with van der Waals surface area (Å²) in [5, 5.41) is 0. The molecule has 6 atom stereocenters. The van der Waals surface area contributed by atoms with E-state index < -0.39 is 11.7 Å². The van der Waals surface area contributed by atoms with Gasteiger partial charge in [-0.2, -0.15) is 0 Å². The first-order chi connectivity index (χ1) is 24.4. The van der Waals surface area contributed by atoms with Crippen molar-refractivity contribution in [3.05, 3.63) is 57.6 Å². The van der Waals surface area contributed by atoms with Crippen LogP contribution in [0.4, 0.5) is 13.2 Å². The molecule has 3 fully saturated rings. The van der Waals surface area contributed by atoms with Crippen molar-refractivity contribution in [1.82, 2.24) is 0 Å². The largest absolute Gasteiger partial charge is 0.266 e. The highest BCUT2D eigenvalue weighted by molar-refractivity contribution is 5.86. The van der Waals surface area contributed by atoms with Gasteiger partial charge in [0, 0.05) is 17.8 Å². The minimum atomic E-state index is -0.625. The lowest BCUT2D eigenvalue weighted by Crippen LogP contribution is -2.28. The Morgan fingerprint density at radius 2 is 0.880 bits per heavy atom. The van der Waals surface area contributed by atoms with Crippen LogP contribution in [0.15, 0.2) is 62.6 Å². The first-order valence-electron chi connectivity index (χ1n) is 21.5. The Balaban J connectivity index is 1.22. The third-order valence-corrected chi connectivity index (χ3v) is 14.2. The summed E-state index contributed by atoms with van der Waals surface area (Å²) in [6.45, 7) is 4.06. The fourth-order valence-electron chi connectivity index (χ4n) is 11.3. The molecule has 50 heavy (non-hydrogen) atoms. The zero-order valence-corrected chi connectivity index (χ0v) is 31.8. The minimum Gasteiger partial charge on any atom is -0.266 e. The van der Waals surface area contributed by atoms with Crippen molar-refractivity contribution in [2.24, 2.45) is 40.5 Å². The quantitative estimate of drug-likeness (QED) is 0.263. The molecule has 0 aromatic heterocycles. The van der Waals surface area contributed by atoms with Crippen molar-refractivity contribution in [3.63, 3.8) is 0 Å². The van der Waals surface area contributed by atoms with Gasteiger partial charge in [0.15, 0.2) is 11.7 Å². The maximum absolute atomic E-state index is 16.5. The van der Waals surface area contributed by atoms with Crippen molar-refractivity contribution in [2.75, 3.05) is 0 Å². The molecule has 1 aliphatic heterocycles. The fourth-order valence-corrected chi connectivity index (χ4v) is 11.3. The Bertz CT molecular complexity index is 1340. The molecule has 4 heteroatoms. The highest BCUT2D eigenvalue weighted by atomic mass is 19.2. The summed E-state index contributed by atoms with van der Waals surface area (Å²) in [4.78, 5) is 5.00. The van der Waals surface area contributed by atoms with Gasteiger partial charge >= 0.3 is 0 Å². The van der Waals surface area contributed by atoms with Gasteiger partial charge in [-0.3, -0.25) is 4.99 Å². The minimum absolute atomic E-state index is 0.0617. The molecule has 0 radical (unpaired) electrons. The Labute approximate surface area is 303 Å². The summed E-state index contributed by atoms with van der Waals surface area (Å²) in [5.41, 5.74) is 6.31. The molecule has 0 saturated heterocycles. The maximum atomic E-state index is 16.5. The van der Waals surface area contributed by atoms with Crippen molar-refractivity contribution in [2.45, 2.75) is 187 Å². The van der Waals surface area contributed by atoms with Crippen LogP contribution in [0, 0.1) is 35.5 Å². The molecule has 0 aromatic rings. The molecular weight excluding hydrogens is 624 g/mol. The highest BCUT2D eigenvalue weighted by Gasteiger charge is 2.39. The summed E-state index contributed by atoms with van der Waals surface area (Å²) < 4.78 is 47.5. The lowest BCUT2D eigenvalue weighted by atomic mass is 9.68. The van der Waals surface area contributed by atoms with E-state index >= 15 is 13.2 Å². The first kappa shape index (κ1) is 37.9. The molecule has 6 rings (SSSR count). The number of hydrogen-bond acceptors (Lipinski definition) is 1. The second-order valence-electron chi connectivity index (χ2n) is 17.3. The zero-order chi connectivity index (χ0) is 34.9. The summed E-state index contributed by atoms with van der Waals surface area (Å²) in [5.74, 6) is 0.557. The number of hydrogen-bond donors (Lipinski definition) is 0. The van der Waals surface area contributed by atoms with E-state index in [0.29, 0.717) is 41.7 Å². The smallest absolute Gasteiger partial charge is 0.158 e. The van der Waals surface area contributed by atoms with E-state index in [1.165, 1.54) is 113 Å². The van der Waals surface area contributed by atoms with Gasteiger partial charge in [0.1, 0.15) is 5.83 Å². The van der Waals surface area contributed by atoms with E-state index in [4.69, 9.17) is 4.99 Å².